The number of nitrogens with one attached hydrogen (secondary N) is 3. The molecule has 7 nitrogen and oxygen atoms in total. The molecule has 9 heteroatoms. The molecule has 36 heavy (non-hydrogen) atoms. The minimum atomic E-state index is -0.936. The molecule has 0 saturated carbocycles. The van der Waals surface area contributed by atoms with Crippen LogP contribution in [-0.2, 0) is 16.0 Å². The fraction of sp³-hybridized carbons (Fsp3) is 0.148. The lowest BCUT2D eigenvalue weighted by Crippen LogP contribution is -2.36. The highest BCUT2D eigenvalue weighted by atomic mass is 35.5. The first-order valence-corrected chi connectivity index (χ1v) is 12.2. The van der Waals surface area contributed by atoms with Crippen LogP contribution in [0.25, 0.3) is 10.9 Å². The molecule has 0 atom stereocenters. The zero-order valence-corrected chi connectivity index (χ0v) is 21.0. The van der Waals surface area contributed by atoms with E-state index in [0.29, 0.717) is 32.3 Å². The lowest BCUT2D eigenvalue weighted by Gasteiger charge is -2.13. The average Bonchev–Trinajstić information content (AvgIpc) is 3.21. The second-order valence-electron chi connectivity index (χ2n) is 8.23. The predicted molar refractivity (Wildman–Crippen MR) is 144 cm³/mol. The van der Waals surface area contributed by atoms with E-state index in [1.807, 2.05) is 12.1 Å². The number of halogens is 2. The number of carbonyl (C=O) groups is 3. The van der Waals surface area contributed by atoms with Crippen LogP contribution in [0.2, 0.25) is 10.0 Å². The van der Waals surface area contributed by atoms with Gasteiger partial charge in [-0.15, -0.1) is 0 Å². The molecule has 0 spiro atoms. The molecule has 0 unspecified atom stereocenters. The van der Waals surface area contributed by atoms with Gasteiger partial charge >= 0.3 is 11.8 Å². The van der Waals surface area contributed by atoms with Crippen molar-refractivity contribution in [2.24, 2.45) is 0 Å². The van der Waals surface area contributed by atoms with Gasteiger partial charge in [0.1, 0.15) is 5.69 Å². The van der Waals surface area contributed by atoms with Gasteiger partial charge in [0.15, 0.2) is 0 Å². The van der Waals surface area contributed by atoms with E-state index in [9.17, 15) is 14.4 Å². The SMILES string of the molecule is CCCCc1ccc(NC(=O)C(=O)Nn2c(C(=O)Nc3cccc(Cl)c3)cc3cc(Cl)ccc32)cc1. The number of hydrogen-bond donors (Lipinski definition) is 3. The highest BCUT2D eigenvalue weighted by molar-refractivity contribution is 6.42. The lowest BCUT2D eigenvalue weighted by molar-refractivity contribution is -0.133. The monoisotopic (exact) mass is 522 g/mol. The van der Waals surface area contributed by atoms with Gasteiger partial charge in [-0.1, -0.05) is 54.7 Å². The smallest absolute Gasteiger partial charge is 0.321 e. The molecule has 0 aliphatic heterocycles. The molecule has 4 rings (SSSR count). The number of anilines is 2. The van der Waals surface area contributed by atoms with Crippen molar-refractivity contribution >= 4 is 63.2 Å². The fourth-order valence-corrected chi connectivity index (χ4v) is 4.08. The molecule has 0 fully saturated rings. The lowest BCUT2D eigenvalue weighted by atomic mass is 10.1. The predicted octanol–water partition coefficient (Wildman–Crippen LogP) is 6.25. The van der Waals surface area contributed by atoms with Crippen LogP contribution in [0.1, 0.15) is 35.8 Å². The number of hydrogen-bond acceptors (Lipinski definition) is 3. The van der Waals surface area contributed by atoms with Gasteiger partial charge in [0.05, 0.1) is 5.52 Å². The summed E-state index contributed by atoms with van der Waals surface area (Å²) in [6, 6.07) is 20.6. The summed E-state index contributed by atoms with van der Waals surface area (Å²) in [5, 5.41) is 6.88. The second kappa shape index (κ2) is 11.3. The number of aromatic nitrogens is 1. The van der Waals surface area contributed by atoms with E-state index in [4.69, 9.17) is 23.2 Å². The molecule has 0 bridgehead atoms. The van der Waals surface area contributed by atoms with Crippen molar-refractivity contribution in [3.63, 3.8) is 0 Å². The second-order valence-corrected chi connectivity index (χ2v) is 9.10. The van der Waals surface area contributed by atoms with Crippen molar-refractivity contribution in [1.29, 1.82) is 0 Å². The average molecular weight is 523 g/mol. The van der Waals surface area contributed by atoms with Gasteiger partial charge in [-0.25, -0.2) is 4.68 Å². The summed E-state index contributed by atoms with van der Waals surface area (Å²) in [6.07, 6.45) is 3.13. The highest BCUT2D eigenvalue weighted by Gasteiger charge is 2.21. The summed E-state index contributed by atoms with van der Waals surface area (Å²) >= 11 is 12.1. The first-order valence-electron chi connectivity index (χ1n) is 11.4. The Labute approximate surface area is 218 Å². The van der Waals surface area contributed by atoms with Gasteiger partial charge in [-0.3, -0.25) is 19.8 Å². The zero-order chi connectivity index (χ0) is 25.7. The van der Waals surface area contributed by atoms with Gasteiger partial charge in [0.2, 0.25) is 0 Å². The summed E-state index contributed by atoms with van der Waals surface area (Å²) in [5.74, 6) is -2.31. The van der Waals surface area contributed by atoms with Crippen LogP contribution in [-0.4, -0.2) is 22.4 Å². The number of carbonyl (C=O) groups excluding carboxylic acids is 3. The molecule has 1 heterocycles. The minimum Gasteiger partial charge on any atom is -0.321 e. The number of amides is 3. The molecule has 3 N–H and O–H groups in total. The van der Waals surface area contributed by atoms with Gasteiger partial charge in [0.25, 0.3) is 5.91 Å². The highest BCUT2D eigenvalue weighted by Crippen LogP contribution is 2.24. The van der Waals surface area contributed by atoms with Crippen LogP contribution in [0.3, 0.4) is 0 Å². The maximum Gasteiger partial charge on any atom is 0.328 e. The molecular weight excluding hydrogens is 499 g/mol. The van der Waals surface area contributed by atoms with Crippen molar-refractivity contribution in [3.8, 4) is 0 Å². The van der Waals surface area contributed by atoms with Gasteiger partial charge < -0.3 is 10.6 Å². The third-order valence-corrected chi connectivity index (χ3v) is 6.00. The molecule has 3 aromatic carbocycles. The summed E-state index contributed by atoms with van der Waals surface area (Å²) in [7, 11) is 0. The van der Waals surface area contributed by atoms with Crippen LogP contribution in [0.15, 0.2) is 72.8 Å². The Bertz CT molecular complexity index is 1430. The molecular formula is C27H24Cl2N4O3. The van der Waals surface area contributed by atoms with Crippen LogP contribution in [0.4, 0.5) is 11.4 Å². The van der Waals surface area contributed by atoms with E-state index in [1.54, 1.807) is 60.7 Å². The van der Waals surface area contributed by atoms with Crippen molar-refractivity contribution < 1.29 is 14.4 Å². The van der Waals surface area contributed by atoms with Crippen LogP contribution in [0, 0.1) is 0 Å². The van der Waals surface area contributed by atoms with Gasteiger partial charge in [-0.05, 0) is 73.0 Å². The Kier molecular flexibility index (Phi) is 7.93. The third kappa shape index (κ3) is 6.05. The molecule has 0 saturated heterocycles. The number of unbranched alkanes of at least 4 members (excludes halogenated alkanes) is 1. The maximum atomic E-state index is 13.1. The first kappa shape index (κ1) is 25.3. The van der Waals surface area contributed by atoms with E-state index >= 15 is 0 Å². The summed E-state index contributed by atoms with van der Waals surface area (Å²) in [6.45, 7) is 2.13. The van der Waals surface area contributed by atoms with E-state index in [1.165, 1.54) is 4.68 Å². The van der Waals surface area contributed by atoms with Crippen LogP contribution in [0.5, 0.6) is 0 Å². The number of rotatable bonds is 7. The Hall–Kier alpha value is -3.81. The van der Waals surface area contributed by atoms with Gasteiger partial charge in [-0.2, -0.15) is 0 Å². The van der Waals surface area contributed by atoms with Crippen molar-refractivity contribution in [2.45, 2.75) is 26.2 Å². The molecule has 184 valence electrons. The molecule has 0 aliphatic rings. The molecule has 1 aromatic heterocycles. The normalized spacial score (nSPS) is 10.8. The maximum absolute atomic E-state index is 13.1. The summed E-state index contributed by atoms with van der Waals surface area (Å²) in [4.78, 5) is 38.5. The molecule has 3 amide bonds. The van der Waals surface area contributed by atoms with E-state index in [0.717, 1.165) is 24.8 Å². The van der Waals surface area contributed by atoms with E-state index < -0.39 is 17.7 Å². The third-order valence-electron chi connectivity index (χ3n) is 5.53. The Morgan fingerprint density at radius 2 is 1.56 bits per heavy atom. The van der Waals surface area contributed by atoms with Crippen LogP contribution < -0.4 is 16.1 Å². The fourth-order valence-electron chi connectivity index (χ4n) is 3.71. The minimum absolute atomic E-state index is 0.105. The molecule has 0 radical (unpaired) electrons. The largest absolute Gasteiger partial charge is 0.328 e. The van der Waals surface area contributed by atoms with E-state index in [-0.39, 0.29) is 5.69 Å². The first-order chi connectivity index (χ1) is 17.3. The quantitative estimate of drug-likeness (QED) is 0.250. The number of nitrogens with zero attached hydrogens (tertiary/aromatic N) is 1. The Balaban J connectivity index is 1.55. The van der Waals surface area contributed by atoms with Crippen molar-refractivity contribution in [1.82, 2.24) is 4.68 Å². The number of benzene rings is 3. The number of fused-ring (bicyclic) bond motifs is 1. The zero-order valence-electron chi connectivity index (χ0n) is 19.5. The Morgan fingerprint density at radius 3 is 2.28 bits per heavy atom. The summed E-state index contributed by atoms with van der Waals surface area (Å²) in [5.41, 5.74) is 5.27. The number of aryl methyl sites for hydroxylation is 1. The molecule has 0 aliphatic carbocycles. The standard InChI is InChI=1S/C27H24Cl2N4O3/c1-2-3-5-17-8-11-21(12-9-17)30-26(35)27(36)32-33-23-13-10-20(29)14-18(23)15-24(33)25(34)31-22-7-4-6-19(28)16-22/h4,6-16H,2-3,5H2,1H3,(H,30,35)(H,31,34)(H,32,36). The molecule has 4 aromatic rings. The summed E-state index contributed by atoms with van der Waals surface area (Å²) < 4.78 is 1.27. The van der Waals surface area contributed by atoms with Crippen LogP contribution >= 0.6 is 23.2 Å². The van der Waals surface area contributed by atoms with E-state index in [2.05, 4.69) is 23.0 Å². The van der Waals surface area contributed by atoms with Crippen molar-refractivity contribution in [3.05, 3.63) is 94.1 Å². The van der Waals surface area contributed by atoms with Gasteiger partial charge in [0, 0.05) is 26.8 Å². The van der Waals surface area contributed by atoms with Crippen molar-refractivity contribution in [2.75, 3.05) is 16.1 Å². The Morgan fingerprint density at radius 1 is 0.806 bits per heavy atom. The topological polar surface area (TPSA) is 92.2 Å².